The van der Waals surface area contributed by atoms with Crippen molar-refractivity contribution >= 4 is 11.9 Å². The Balaban J connectivity index is 2.72. The van der Waals surface area contributed by atoms with Crippen molar-refractivity contribution in [3.8, 4) is 0 Å². The molecule has 0 saturated carbocycles. The highest BCUT2D eigenvalue weighted by atomic mass is 16.3. The minimum Gasteiger partial charge on any atom is -0.389 e. The van der Waals surface area contributed by atoms with Crippen LogP contribution in [0.5, 0.6) is 0 Å². The lowest BCUT2D eigenvalue weighted by Gasteiger charge is -2.26. The van der Waals surface area contributed by atoms with Crippen LogP contribution in [-0.2, 0) is 0 Å². The molecule has 4 N–H and O–H groups in total. The van der Waals surface area contributed by atoms with Gasteiger partial charge in [-0.25, -0.2) is 5.10 Å². The van der Waals surface area contributed by atoms with Gasteiger partial charge < -0.3 is 15.7 Å². The summed E-state index contributed by atoms with van der Waals surface area (Å²) in [6.07, 6.45) is 0. The Morgan fingerprint density at radius 1 is 1.57 bits per heavy atom. The number of likely N-dealkylation sites (N-methyl/N-ethyl adjacent to an activating group) is 1. The van der Waals surface area contributed by atoms with Gasteiger partial charge in [0.25, 0.3) is 0 Å². The molecule has 1 heterocycles. The molecule has 0 bridgehead atoms. The van der Waals surface area contributed by atoms with E-state index >= 15 is 0 Å². The first-order valence-corrected chi connectivity index (χ1v) is 4.57. The van der Waals surface area contributed by atoms with Crippen LogP contribution >= 0.6 is 0 Å². The maximum Gasteiger partial charge on any atom is 0.246 e. The highest BCUT2D eigenvalue weighted by Gasteiger charge is 2.19. The Labute approximate surface area is 83.1 Å². The number of hydrogen-bond acceptors (Lipinski definition) is 5. The SMILES string of the molecule is CCN(CC(C)(C)O)c1n[nH]c(N)n1. The minimum atomic E-state index is -0.772. The summed E-state index contributed by atoms with van der Waals surface area (Å²) in [6.45, 7) is 6.65. The molecule has 1 aromatic rings. The number of aromatic nitrogens is 3. The van der Waals surface area contributed by atoms with Crippen molar-refractivity contribution < 1.29 is 5.11 Å². The molecule has 6 heteroatoms. The van der Waals surface area contributed by atoms with Crippen LogP contribution in [0.15, 0.2) is 0 Å². The summed E-state index contributed by atoms with van der Waals surface area (Å²) in [5, 5.41) is 16.1. The van der Waals surface area contributed by atoms with E-state index in [0.29, 0.717) is 12.5 Å². The van der Waals surface area contributed by atoms with Crippen molar-refractivity contribution in [1.29, 1.82) is 0 Å². The van der Waals surface area contributed by atoms with Crippen LogP contribution in [-0.4, -0.2) is 39.0 Å². The zero-order valence-corrected chi connectivity index (χ0v) is 8.78. The molecule has 0 aromatic carbocycles. The number of anilines is 2. The summed E-state index contributed by atoms with van der Waals surface area (Å²) in [5.74, 6) is 0.807. The number of nitrogen functional groups attached to an aromatic ring is 1. The number of nitrogens with zero attached hydrogens (tertiary/aromatic N) is 3. The fourth-order valence-corrected chi connectivity index (χ4v) is 1.20. The number of hydrogen-bond donors (Lipinski definition) is 3. The third-order valence-electron chi connectivity index (χ3n) is 1.73. The normalized spacial score (nSPS) is 11.7. The molecule has 1 rings (SSSR count). The standard InChI is InChI=1S/C8H17N5O/c1-4-13(5-8(2,3)14)7-10-6(9)11-12-7/h14H,4-5H2,1-3H3,(H3,9,10,11,12). The van der Waals surface area contributed by atoms with Crippen molar-refractivity contribution in [2.75, 3.05) is 23.7 Å². The van der Waals surface area contributed by atoms with Gasteiger partial charge in [-0.15, -0.1) is 5.10 Å². The second-order valence-electron chi connectivity index (χ2n) is 3.85. The third-order valence-corrected chi connectivity index (χ3v) is 1.73. The van der Waals surface area contributed by atoms with E-state index in [1.165, 1.54) is 0 Å². The smallest absolute Gasteiger partial charge is 0.246 e. The molecule has 0 saturated heterocycles. The lowest BCUT2D eigenvalue weighted by atomic mass is 10.1. The van der Waals surface area contributed by atoms with E-state index in [0.717, 1.165) is 6.54 Å². The van der Waals surface area contributed by atoms with E-state index in [1.54, 1.807) is 13.8 Å². The molecule has 0 aliphatic carbocycles. The highest BCUT2D eigenvalue weighted by Crippen LogP contribution is 2.12. The van der Waals surface area contributed by atoms with Gasteiger partial charge in [0.2, 0.25) is 11.9 Å². The van der Waals surface area contributed by atoms with Crippen LogP contribution in [0.1, 0.15) is 20.8 Å². The quantitative estimate of drug-likeness (QED) is 0.634. The minimum absolute atomic E-state index is 0.286. The predicted molar refractivity (Wildman–Crippen MR) is 55.0 cm³/mol. The summed E-state index contributed by atoms with van der Waals surface area (Å²) < 4.78 is 0. The Morgan fingerprint density at radius 2 is 2.21 bits per heavy atom. The van der Waals surface area contributed by atoms with Crippen LogP contribution < -0.4 is 10.6 Å². The first-order valence-electron chi connectivity index (χ1n) is 4.57. The summed E-state index contributed by atoms with van der Waals surface area (Å²) in [4.78, 5) is 5.85. The molecule has 1 aromatic heterocycles. The number of H-pyrrole nitrogens is 1. The van der Waals surface area contributed by atoms with Gasteiger partial charge in [-0.3, -0.25) is 0 Å². The maximum atomic E-state index is 9.65. The molecular weight excluding hydrogens is 182 g/mol. The molecule has 6 nitrogen and oxygen atoms in total. The Morgan fingerprint density at radius 3 is 2.57 bits per heavy atom. The van der Waals surface area contributed by atoms with Gasteiger partial charge in [0.15, 0.2) is 0 Å². The van der Waals surface area contributed by atoms with Gasteiger partial charge in [-0.1, -0.05) is 0 Å². The molecule has 0 atom stereocenters. The highest BCUT2D eigenvalue weighted by molar-refractivity contribution is 5.33. The first-order chi connectivity index (χ1) is 6.42. The van der Waals surface area contributed by atoms with Crippen LogP contribution in [0, 0.1) is 0 Å². The average Bonchev–Trinajstić information content (AvgIpc) is 2.46. The second kappa shape index (κ2) is 3.83. The zero-order chi connectivity index (χ0) is 10.8. The van der Waals surface area contributed by atoms with Crippen molar-refractivity contribution in [2.45, 2.75) is 26.4 Å². The van der Waals surface area contributed by atoms with E-state index < -0.39 is 5.60 Å². The van der Waals surface area contributed by atoms with Gasteiger partial charge in [0.1, 0.15) is 0 Å². The number of rotatable bonds is 4. The van der Waals surface area contributed by atoms with Crippen LogP contribution in [0.4, 0.5) is 11.9 Å². The van der Waals surface area contributed by atoms with Gasteiger partial charge >= 0.3 is 0 Å². The average molecular weight is 199 g/mol. The predicted octanol–water partition coefficient (Wildman–Crippen LogP) is -0.0159. The maximum absolute atomic E-state index is 9.65. The fraction of sp³-hybridized carbons (Fsp3) is 0.750. The topological polar surface area (TPSA) is 91.1 Å². The van der Waals surface area contributed by atoms with Crippen molar-refractivity contribution in [3.63, 3.8) is 0 Å². The van der Waals surface area contributed by atoms with Crippen molar-refractivity contribution in [1.82, 2.24) is 15.2 Å². The van der Waals surface area contributed by atoms with Crippen molar-refractivity contribution in [3.05, 3.63) is 0 Å². The molecule has 80 valence electrons. The number of nitrogens with one attached hydrogen (secondary N) is 1. The third kappa shape index (κ3) is 2.88. The van der Waals surface area contributed by atoms with Crippen LogP contribution in [0.2, 0.25) is 0 Å². The molecule has 0 aliphatic heterocycles. The molecule has 0 spiro atoms. The Hall–Kier alpha value is -1.30. The van der Waals surface area contributed by atoms with Crippen LogP contribution in [0.3, 0.4) is 0 Å². The number of aromatic amines is 1. The lowest BCUT2D eigenvalue weighted by Crippen LogP contribution is -2.39. The number of aliphatic hydroxyl groups is 1. The van der Waals surface area contributed by atoms with Crippen molar-refractivity contribution in [2.24, 2.45) is 0 Å². The van der Waals surface area contributed by atoms with E-state index in [2.05, 4.69) is 15.2 Å². The molecule has 0 aliphatic rings. The lowest BCUT2D eigenvalue weighted by molar-refractivity contribution is 0.0872. The van der Waals surface area contributed by atoms with E-state index in [4.69, 9.17) is 5.73 Å². The zero-order valence-electron chi connectivity index (χ0n) is 8.78. The molecular formula is C8H17N5O. The summed E-state index contributed by atoms with van der Waals surface area (Å²) in [7, 11) is 0. The Bertz CT molecular complexity index is 290. The number of nitrogens with two attached hydrogens (primary N) is 1. The summed E-state index contributed by atoms with van der Waals surface area (Å²) in [6, 6.07) is 0. The van der Waals surface area contributed by atoms with Gasteiger partial charge in [-0.05, 0) is 20.8 Å². The van der Waals surface area contributed by atoms with Crippen LogP contribution in [0.25, 0.3) is 0 Å². The largest absolute Gasteiger partial charge is 0.389 e. The molecule has 0 fully saturated rings. The van der Waals surface area contributed by atoms with E-state index in [1.807, 2.05) is 11.8 Å². The second-order valence-corrected chi connectivity index (χ2v) is 3.85. The summed E-state index contributed by atoms with van der Waals surface area (Å²) >= 11 is 0. The van der Waals surface area contributed by atoms with Gasteiger partial charge in [0, 0.05) is 13.1 Å². The summed E-state index contributed by atoms with van der Waals surface area (Å²) in [5.41, 5.74) is 4.64. The first kappa shape index (κ1) is 10.8. The molecule has 0 unspecified atom stereocenters. The Kier molecular flexibility index (Phi) is 2.95. The van der Waals surface area contributed by atoms with Gasteiger partial charge in [-0.2, -0.15) is 4.98 Å². The molecule has 14 heavy (non-hydrogen) atoms. The van der Waals surface area contributed by atoms with Gasteiger partial charge in [0.05, 0.1) is 5.60 Å². The van der Waals surface area contributed by atoms with E-state index in [9.17, 15) is 5.11 Å². The fourth-order valence-electron chi connectivity index (χ4n) is 1.20. The molecule has 0 radical (unpaired) electrons. The monoisotopic (exact) mass is 199 g/mol. The van der Waals surface area contributed by atoms with E-state index in [-0.39, 0.29) is 5.95 Å². The molecule has 0 amide bonds.